The minimum Gasteiger partial charge on any atom is -0.497 e. The minimum atomic E-state index is 0.687. The number of anilines is 2. The molecule has 2 rings (SSSR count). The molecule has 0 saturated carbocycles. The van der Waals surface area contributed by atoms with Crippen molar-refractivity contribution < 1.29 is 4.74 Å². The maximum atomic E-state index is 5.15. The Hall–Kier alpha value is -1.82. The van der Waals surface area contributed by atoms with Crippen LogP contribution in [0, 0.1) is 0 Å². The van der Waals surface area contributed by atoms with Crippen LogP contribution in [-0.2, 0) is 6.54 Å². The third-order valence-electron chi connectivity index (χ3n) is 2.95. The monoisotopic (exact) mass is 350 g/mol. The SMILES string of the molecule is CCCNc1ncnc(NCc2ccc(OC)cc2)c1Br. The lowest BCUT2D eigenvalue weighted by Gasteiger charge is -2.11. The van der Waals surface area contributed by atoms with Gasteiger partial charge in [-0.15, -0.1) is 0 Å². The molecule has 1 aromatic carbocycles. The summed E-state index contributed by atoms with van der Waals surface area (Å²) >= 11 is 3.54. The van der Waals surface area contributed by atoms with Crippen LogP contribution in [0.3, 0.4) is 0 Å². The first kappa shape index (κ1) is 15.6. The van der Waals surface area contributed by atoms with E-state index >= 15 is 0 Å². The van der Waals surface area contributed by atoms with Crippen LogP contribution in [0.2, 0.25) is 0 Å². The Kier molecular flexibility index (Phi) is 5.80. The van der Waals surface area contributed by atoms with Gasteiger partial charge in [-0.25, -0.2) is 9.97 Å². The summed E-state index contributed by atoms with van der Waals surface area (Å²) in [6.45, 7) is 3.69. The molecule has 0 atom stereocenters. The Morgan fingerprint density at radius 1 is 1.10 bits per heavy atom. The van der Waals surface area contributed by atoms with Crippen molar-refractivity contribution >= 4 is 27.6 Å². The van der Waals surface area contributed by atoms with Gasteiger partial charge in [0, 0.05) is 13.1 Å². The van der Waals surface area contributed by atoms with Crippen LogP contribution < -0.4 is 15.4 Å². The molecule has 2 N–H and O–H groups in total. The van der Waals surface area contributed by atoms with E-state index in [0.29, 0.717) is 6.54 Å². The number of rotatable bonds is 7. The smallest absolute Gasteiger partial charge is 0.146 e. The van der Waals surface area contributed by atoms with Crippen LogP contribution >= 0.6 is 15.9 Å². The van der Waals surface area contributed by atoms with Crippen molar-refractivity contribution in [3.05, 3.63) is 40.6 Å². The van der Waals surface area contributed by atoms with E-state index in [4.69, 9.17) is 4.74 Å². The van der Waals surface area contributed by atoms with Gasteiger partial charge in [0.15, 0.2) is 0 Å². The fourth-order valence-electron chi connectivity index (χ4n) is 1.79. The van der Waals surface area contributed by atoms with E-state index in [-0.39, 0.29) is 0 Å². The normalized spacial score (nSPS) is 10.2. The summed E-state index contributed by atoms with van der Waals surface area (Å²) in [5.74, 6) is 2.44. The van der Waals surface area contributed by atoms with Gasteiger partial charge in [0.1, 0.15) is 28.2 Å². The maximum absolute atomic E-state index is 5.15. The largest absolute Gasteiger partial charge is 0.497 e. The van der Waals surface area contributed by atoms with Gasteiger partial charge in [-0.1, -0.05) is 19.1 Å². The Labute approximate surface area is 133 Å². The fourth-order valence-corrected chi connectivity index (χ4v) is 2.27. The molecule has 0 aliphatic rings. The highest BCUT2D eigenvalue weighted by Crippen LogP contribution is 2.26. The number of methoxy groups -OCH3 is 1. The second-order valence-electron chi connectivity index (χ2n) is 4.51. The van der Waals surface area contributed by atoms with Crippen LogP contribution in [-0.4, -0.2) is 23.6 Å². The zero-order chi connectivity index (χ0) is 15.1. The molecule has 0 saturated heterocycles. The summed E-state index contributed by atoms with van der Waals surface area (Å²) in [6, 6.07) is 7.94. The number of halogens is 1. The van der Waals surface area contributed by atoms with Crippen molar-refractivity contribution in [3.8, 4) is 5.75 Å². The van der Waals surface area contributed by atoms with E-state index in [9.17, 15) is 0 Å². The summed E-state index contributed by atoms with van der Waals surface area (Å²) in [6.07, 6.45) is 2.60. The molecule has 0 fully saturated rings. The summed E-state index contributed by atoms with van der Waals surface area (Å²) < 4.78 is 6.00. The van der Waals surface area contributed by atoms with Crippen molar-refractivity contribution in [1.82, 2.24) is 9.97 Å². The molecule has 6 heteroatoms. The Morgan fingerprint density at radius 3 is 2.38 bits per heavy atom. The second-order valence-corrected chi connectivity index (χ2v) is 5.31. The Bertz CT molecular complexity index is 574. The summed E-state index contributed by atoms with van der Waals surface area (Å²) in [4.78, 5) is 8.49. The predicted molar refractivity (Wildman–Crippen MR) is 88.8 cm³/mol. The van der Waals surface area contributed by atoms with E-state index in [2.05, 4.69) is 43.5 Å². The maximum Gasteiger partial charge on any atom is 0.146 e. The summed E-state index contributed by atoms with van der Waals surface area (Å²) in [7, 11) is 1.66. The molecule has 0 radical (unpaired) electrons. The van der Waals surface area contributed by atoms with Gasteiger partial charge in [-0.2, -0.15) is 0 Å². The standard InChI is InChI=1S/C15H19BrN4O/c1-3-8-17-14-13(16)15(20-10-19-14)18-9-11-4-6-12(21-2)7-5-11/h4-7,10H,3,8-9H2,1-2H3,(H2,17,18,19,20). The Morgan fingerprint density at radius 2 is 1.76 bits per heavy atom. The van der Waals surface area contributed by atoms with Crippen molar-refractivity contribution in [2.75, 3.05) is 24.3 Å². The lowest BCUT2D eigenvalue weighted by molar-refractivity contribution is 0.414. The molecule has 0 amide bonds. The first-order valence-corrected chi connectivity index (χ1v) is 7.65. The van der Waals surface area contributed by atoms with Crippen LogP contribution in [0.5, 0.6) is 5.75 Å². The molecule has 0 bridgehead atoms. The second kappa shape index (κ2) is 7.83. The molecule has 0 aliphatic heterocycles. The molecule has 1 aromatic heterocycles. The molecular formula is C15H19BrN4O. The lowest BCUT2D eigenvalue weighted by atomic mass is 10.2. The summed E-state index contributed by atoms with van der Waals surface area (Å²) in [5, 5.41) is 6.57. The molecule has 0 aliphatic carbocycles. The van der Waals surface area contributed by atoms with E-state index in [1.807, 2.05) is 24.3 Å². The van der Waals surface area contributed by atoms with E-state index < -0.39 is 0 Å². The molecule has 112 valence electrons. The number of aromatic nitrogens is 2. The van der Waals surface area contributed by atoms with Gasteiger partial charge in [-0.3, -0.25) is 0 Å². The number of hydrogen-bond acceptors (Lipinski definition) is 5. The van der Waals surface area contributed by atoms with E-state index in [0.717, 1.165) is 40.4 Å². The highest BCUT2D eigenvalue weighted by atomic mass is 79.9. The van der Waals surface area contributed by atoms with Gasteiger partial charge in [0.05, 0.1) is 7.11 Å². The van der Waals surface area contributed by atoms with Gasteiger partial charge in [-0.05, 0) is 40.0 Å². The van der Waals surface area contributed by atoms with Crippen LogP contribution in [0.25, 0.3) is 0 Å². The Balaban J connectivity index is 2.01. The van der Waals surface area contributed by atoms with Gasteiger partial charge < -0.3 is 15.4 Å². The van der Waals surface area contributed by atoms with Crippen LogP contribution in [0.1, 0.15) is 18.9 Å². The molecule has 0 unspecified atom stereocenters. The average Bonchev–Trinajstić information content (AvgIpc) is 2.53. The van der Waals surface area contributed by atoms with Gasteiger partial charge >= 0.3 is 0 Å². The minimum absolute atomic E-state index is 0.687. The molecule has 21 heavy (non-hydrogen) atoms. The lowest BCUT2D eigenvalue weighted by Crippen LogP contribution is -2.07. The van der Waals surface area contributed by atoms with Crippen LogP contribution in [0.4, 0.5) is 11.6 Å². The number of benzene rings is 1. The number of nitrogens with one attached hydrogen (secondary N) is 2. The van der Waals surface area contributed by atoms with E-state index in [1.165, 1.54) is 0 Å². The molecule has 5 nitrogen and oxygen atoms in total. The molecule has 1 heterocycles. The molecule has 2 aromatic rings. The first-order chi connectivity index (χ1) is 10.2. The third kappa shape index (κ3) is 4.32. The fraction of sp³-hybridized carbons (Fsp3) is 0.333. The molecule has 0 spiro atoms. The van der Waals surface area contributed by atoms with Crippen molar-refractivity contribution in [1.29, 1.82) is 0 Å². The van der Waals surface area contributed by atoms with Crippen molar-refractivity contribution in [2.45, 2.75) is 19.9 Å². The zero-order valence-electron chi connectivity index (χ0n) is 12.2. The zero-order valence-corrected chi connectivity index (χ0v) is 13.8. The van der Waals surface area contributed by atoms with Crippen molar-refractivity contribution in [3.63, 3.8) is 0 Å². The average molecular weight is 351 g/mol. The predicted octanol–water partition coefficient (Wildman–Crippen LogP) is 3.68. The topological polar surface area (TPSA) is 59.1 Å². The van der Waals surface area contributed by atoms with Crippen LogP contribution in [0.15, 0.2) is 35.1 Å². The van der Waals surface area contributed by atoms with Gasteiger partial charge in [0.25, 0.3) is 0 Å². The summed E-state index contributed by atoms with van der Waals surface area (Å²) in [5.41, 5.74) is 1.16. The third-order valence-corrected chi connectivity index (χ3v) is 3.70. The van der Waals surface area contributed by atoms with Gasteiger partial charge in [0.2, 0.25) is 0 Å². The quantitative estimate of drug-likeness (QED) is 0.797. The first-order valence-electron chi connectivity index (χ1n) is 6.85. The van der Waals surface area contributed by atoms with E-state index in [1.54, 1.807) is 13.4 Å². The number of hydrogen-bond donors (Lipinski definition) is 2. The number of nitrogens with zero attached hydrogens (tertiary/aromatic N) is 2. The highest BCUT2D eigenvalue weighted by molar-refractivity contribution is 9.10. The molecular weight excluding hydrogens is 332 g/mol. The number of ether oxygens (including phenoxy) is 1. The highest BCUT2D eigenvalue weighted by Gasteiger charge is 2.07. The van der Waals surface area contributed by atoms with Crippen molar-refractivity contribution in [2.24, 2.45) is 0 Å².